The van der Waals surface area contributed by atoms with Gasteiger partial charge in [-0.05, 0) is 37.1 Å². The van der Waals surface area contributed by atoms with Gasteiger partial charge in [-0.15, -0.1) is 0 Å². The predicted molar refractivity (Wildman–Crippen MR) is 98.2 cm³/mol. The number of morpholine rings is 1. The largest absolute Gasteiger partial charge is 0.437 e. The molecule has 2 aromatic rings. The van der Waals surface area contributed by atoms with Gasteiger partial charge < -0.3 is 20.5 Å². The van der Waals surface area contributed by atoms with Gasteiger partial charge in [0.05, 0.1) is 13.2 Å². The zero-order chi connectivity index (χ0) is 17.6. The molecule has 1 aromatic heterocycles. The van der Waals surface area contributed by atoms with Gasteiger partial charge in [-0.25, -0.2) is 4.98 Å². The van der Waals surface area contributed by atoms with Gasteiger partial charge >= 0.3 is 0 Å². The molecule has 1 saturated heterocycles. The fourth-order valence-corrected chi connectivity index (χ4v) is 2.86. The van der Waals surface area contributed by atoms with Crippen LogP contribution in [-0.4, -0.2) is 54.3 Å². The van der Waals surface area contributed by atoms with Gasteiger partial charge in [0.25, 0.3) is 0 Å². The van der Waals surface area contributed by atoms with E-state index < -0.39 is 0 Å². The van der Waals surface area contributed by atoms with Gasteiger partial charge in [0.15, 0.2) is 5.82 Å². The molecule has 134 valence electrons. The lowest BCUT2D eigenvalue weighted by atomic mass is 10.1. The van der Waals surface area contributed by atoms with E-state index in [1.807, 2.05) is 26.0 Å². The summed E-state index contributed by atoms with van der Waals surface area (Å²) in [5, 5.41) is 3.27. The van der Waals surface area contributed by atoms with Crippen LogP contribution in [-0.2, 0) is 4.74 Å². The lowest BCUT2D eigenvalue weighted by Gasteiger charge is -2.26. The van der Waals surface area contributed by atoms with E-state index in [0.717, 1.165) is 56.3 Å². The van der Waals surface area contributed by atoms with Crippen LogP contribution < -0.4 is 15.8 Å². The predicted octanol–water partition coefficient (Wildman–Crippen LogP) is 2.21. The van der Waals surface area contributed by atoms with Crippen LogP contribution in [0.25, 0.3) is 0 Å². The second kappa shape index (κ2) is 8.13. The fourth-order valence-electron chi connectivity index (χ4n) is 2.86. The summed E-state index contributed by atoms with van der Waals surface area (Å²) in [6.07, 6.45) is 1.46. The molecule has 1 aromatic carbocycles. The molecular weight excluding hydrogens is 318 g/mol. The van der Waals surface area contributed by atoms with Crippen molar-refractivity contribution >= 4 is 11.5 Å². The second-order valence-corrected chi connectivity index (χ2v) is 6.25. The molecule has 3 N–H and O–H groups in total. The van der Waals surface area contributed by atoms with E-state index in [9.17, 15) is 0 Å². The van der Waals surface area contributed by atoms with Crippen molar-refractivity contribution in [3.05, 3.63) is 35.7 Å². The monoisotopic (exact) mass is 343 g/mol. The van der Waals surface area contributed by atoms with Crippen molar-refractivity contribution in [1.29, 1.82) is 0 Å². The maximum absolute atomic E-state index is 6.18. The fraction of sp³-hybridized carbons (Fsp3) is 0.444. The number of hydrogen-bond donors (Lipinski definition) is 2. The summed E-state index contributed by atoms with van der Waals surface area (Å²) in [7, 11) is 0. The lowest BCUT2D eigenvalue weighted by molar-refractivity contribution is 0.0398. The van der Waals surface area contributed by atoms with Crippen molar-refractivity contribution in [3.63, 3.8) is 0 Å². The van der Waals surface area contributed by atoms with Gasteiger partial charge in [-0.1, -0.05) is 6.07 Å². The zero-order valence-corrected chi connectivity index (χ0v) is 14.8. The summed E-state index contributed by atoms with van der Waals surface area (Å²) in [6, 6.07) is 6.01. The molecule has 7 heteroatoms. The molecule has 2 heterocycles. The van der Waals surface area contributed by atoms with Gasteiger partial charge in [-0.2, -0.15) is 4.98 Å². The first-order valence-electron chi connectivity index (χ1n) is 8.52. The number of anilines is 2. The van der Waals surface area contributed by atoms with E-state index in [2.05, 4.69) is 26.3 Å². The minimum Gasteiger partial charge on any atom is -0.437 e. The molecule has 0 unspecified atom stereocenters. The average Bonchev–Trinajstić information content (AvgIpc) is 2.58. The molecule has 1 fully saturated rings. The van der Waals surface area contributed by atoms with Crippen molar-refractivity contribution in [3.8, 4) is 11.6 Å². The van der Waals surface area contributed by atoms with Crippen molar-refractivity contribution in [2.45, 2.75) is 13.8 Å². The quantitative estimate of drug-likeness (QED) is 0.831. The van der Waals surface area contributed by atoms with Crippen LogP contribution >= 0.6 is 0 Å². The molecule has 1 aliphatic heterocycles. The zero-order valence-electron chi connectivity index (χ0n) is 14.8. The van der Waals surface area contributed by atoms with E-state index in [4.69, 9.17) is 15.2 Å². The summed E-state index contributed by atoms with van der Waals surface area (Å²) in [5.41, 5.74) is 8.86. The van der Waals surface area contributed by atoms with E-state index in [0.29, 0.717) is 17.4 Å². The van der Waals surface area contributed by atoms with Crippen molar-refractivity contribution in [1.82, 2.24) is 14.9 Å². The Kier molecular flexibility index (Phi) is 5.67. The number of nitrogens with zero attached hydrogens (tertiary/aromatic N) is 3. The number of aromatic nitrogens is 2. The first kappa shape index (κ1) is 17.4. The smallest absolute Gasteiger partial charge is 0.248 e. The number of benzene rings is 1. The third kappa shape index (κ3) is 4.80. The van der Waals surface area contributed by atoms with Crippen molar-refractivity contribution in [2.24, 2.45) is 0 Å². The Morgan fingerprint density at radius 3 is 2.60 bits per heavy atom. The van der Waals surface area contributed by atoms with Crippen LogP contribution in [0.4, 0.5) is 11.5 Å². The lowest BCUT2D eigenvalue weighted by Crippen LogP contribution is -2.39. The van der Waals surface area contributed by atoms with Gasteiger partial charge in [-0.3, -0.25) is 4.90 Å². The highest BCUT2D eigenvalue weighted by Gasteiger charge is 2.12. The van der Waals surface area contributed by atoms with Crippen molar-refractivity contribution in [2.75, 3.05) is 50.4 Å². The van der Waals surface area contributed by atoms with E-state index in [1.54, 1.807) is 0 Å². The Bertz CT molecular complexity index is 696. The Labute approximate surface area is 148 Å². The maximum atomic E-state index is 6.18. The standard InChI is InChI=1S/C18H25N5O2/c1-13-9-14(2)11-15(10-13)25-18-16(19)17(21-12-22-18)20-3-4-23-5-7-24-8-6-23/h9-12H,3-8,19H2,1-2H3,(H,20,21,22). The number of nitrogens with two attached hydrogens (primary N) is 1. The molecule has 0 radical (unpaired) electrons. The molecule has 3 rings (SSSR count). The Morgan fingerprint density at radius 1 is 1.16 bits per heavy atom. The molecule has 0 atom stereocenters. The van der Waals surface area contributed by atoms with Crippen molar-refractivity contribution < 1.29 is 9.47 Å². The molecule has 25 heavy (non-hydrogen) atoms. The summed E-state index contributed by atoms with van der Waals surface area (Å²) in [4.78, 5) is 10.7. The number of ether oxygens (including phenoxy) is 2. The highest BCUT2D eigenvalue weighted by molar-refractivity contribution is 5.67. The summed E-state index contributed by atoms with van der Waals surface area (Å²) >= 11 is 0. The number of nitrogen functional groups attached to an aromatic ring is 1. The minimum atomic E-state index is 0.369. The Balaban J connectivity index is 1.63. The van der Waals surface area contributed by atoms with E-state index >= 15 is 0 Å². The number of rotatable bonds is 6. The topological polar surface area (TPSA) is 85.5 Å². The molecule has 0 saturated carbocycles. The van der Waals surface area contributed by atoms with Crippen LogP contribution in [0.2, 0.25) is 0 Å². The first-order valence-corrected chi connectivity index (χ1v) is 8.52. The first-order chi connectivity index (χ1) is 12.1. The minimum absolute atomic E-state index is 0.369. The average molecular weight is 343 g/mol. The summed E-state index contributed by atoms with van der Waals surface area (Å²) < 4.78 is 11.2. The molecule has 0 bridgehead atoms. The molecule has 0 spiro atoms. The highest BCUT2D eigenvalue weighted by atomic mass is 16.5. The van der Waals surface area contributed by atoms with Crippen LogP contribution in [0.5, 0.6) is 11.6 Å². The molecule has 7 nitrogen and oxygen atoms in total. The maximum Gasteiger partial charge on any atom is 0.248 e. The van der Waals surface area contributed by atoms with Crippen LogP contribution in [0.3, 0.4) is 0 Å². The van der Waals surface area contributed by atoms with Gasteiger partial charge in [0.1, 0.15) is 17.8 Å². The summed E-state index contributed by atoms with van der Waals surface area (Å²) in [6.45, 7) is 9.24. The molecule has 0 aliphatic carbocycles. The van der Waals surface area contributed by atoms with Crippen LogP contribution in [0, 0.1) is 13.8 Å². The Hall–Kier alpha value is -2.38. The van der Waals surface area contributed by atoms with E-state index in [-0.39, 0.29) is 0 Å². The van der Waals surface area contributed by atoms with Gasteiger partial charge in [0.2, 0.25) is 5.88 Å². The highest BCUT2D eigenvalue weighted by Crippen LogP contribution is 2.30. The normalized spacial score (nSPS) is 15.1. The SMILES string of the molecule is Cc1cc(C)cc(Oc2ncnc(NCCN3CCOCC3)c2N)c1. The van der Waals surface area contributed by atoms with Crippen LogP contribution in [0.15, 0.2) is 24.5 Å². The second-order valence-electron chi connectivity index (χ2n) is 6.25. The van der Waals surface area contributed by atoms with Crippen LogP contribution in [0.1, 0.15) is 11.1 Å². The molecular formula is C18H25N5O2. The molecule has 1 aliphatic rings. The van der Waals surface area contributed by atoms with Gasteiger partial charge in [0, 0.05) is 26.2 Å². The molecule has 0 amide bonds. The number of nitrogens with one attached hydrogen (secondary N) is 1. The number of aryl methyl sites for hydroxylation is 2. The third-order valence-electron chi connectivity index (χ3n) is 4.08. The number of hydrogen-bond acceptors (Lipinski definition) is 7. The Morgan fingerprint density at radius 2 is 1.88 bits per heavy atom. The summed E-state index contributed by atoms with van der Waals surface area (Å²) in [5.74, 6) is 1.69. The van der Waals surface area contributed by atoms with E-state index in [1.165, 1.54) is 6.33 Å². The third-order valence-corrected chi connectivity index (χ3v) is 4.08.